The largest absolute Gasteiger partial charge is 0.277 e. The zero-order valence-corrected chi connectivity index (χ0v) is 16.0. The number of thiophene rings is 1. The SMILES string of the molecule is O=S(=O)(c1ccc(Cl)s1)N1c2cc(F)c(F)cc2-c2[nH]ncc2C1C1CC1. The van der Waals surface area contributed by atoms with Crippen LogP contribution < -0.4 is 4.31 Å². The Bertz CT molecular complexity index is 1170. The van der Waals surface area contributed by atoms with Gasteiger partial charge in [0.15, 0.2) is 11.6 Å². The molecule has 0 radical (unpaired) electrons. The van der Waals surface area contributed by atoms with Crippen LogP contribution in [0, 0.1) is 17.6 Å². The van der Waals surface area contributed by atoms with Crippen molar-refractivity contribution in [1.82, 2.24) is 10.2 Å². The van der Waals surface area contributed by atoms with Gasteiger partial charge in [0, 0.05) is 17.2 Å². The molecule has 1 unspecified atom stereocenters. The minimum atomic E-state index is -4.02. The second-order valence-corrected chi connectivity index (χ2v) is 10.4. The van der Waals surface area contributed by atoms with Gasteiger partial charge in [-0.1, -0.05) is 11.6 Å². The van der Waals surface area contributed by atoms with E-state index in [0.29, 0.717) is 15.6 Å². The summed E-state index contributed by atoms with van der Waals surface area (Å²) in [6, 6.07) is 4.36. The number of H-pyrrole nitrogens is 1. The summed E-state index contributed by atoms with van der Waals surface area (Å²) < 4.78 is 56.5. The first-order valence-corrected chi connectivity index (χ1v) is 10.8. The Morgan fingerprint density at radius 3 is 2.63 bits per heavy atom. The molecule has 1 aromatic carbocycles. The van der Waals surface area contributed by atoms with Crippen molar-refractivity contribution in [2.45, 2.75) is 23.1 Å². The molecule has 1 aliphatic heterocycles. The topological polar surface area (TPSA) is 66.1 Å². The van der Waals surface area contributed by atoms with Crippen LogP contribution in [-0.4, -0.2) is 18.6 Å². The molecular formula is C17H12ClF2N3O2S2. The number of hydrogen-bond acceptors (Lipinski definition) is 4. The van der Waals surface area contributed by atoms with Gasteiger partial charge in [0.1, 0.15) is 4.21 Å². The molecule has 3 aromatic rings. The standard InChI is InChI=1S/C17H12ClF2N3O2S2/c18-14-3-4-15(26-14)27(24,25)23-13-6-12(20)11(19)5-9(13)16-10(7-21-22-16)17(23)8-1-2-8/h3-8,17H,1-2H2,(H,21,22). The number of halogens is 3. The summed E-state index contributed by atoms with van der Waals surface area (Å²) >= 11 is 6.87. The van der Waals surface area contributed by atoms with Gasteiger partial charge in [-0.25, -0.2) is 17.2 Å². The van der Waals surface area contributed by atoms with Crippen LogP contribution in [0.2, 0.25) is 4.34 Å². The number of nitrogens with one attached hydrogen (secondary N) is 1. The van der Waals surface area contributed by atoms with Crippen molar-refractivity contribution < 1.29 is 17.2 Å². The fraction of sp³-hybridized carbons (Fsp3) is 0.235. The molecule has 27 heavy (non-hydrogen) atoms. The van der Waals surface area contributed by atoms with Crippen molar-refractivity contribution in [2.24, 2.45) is 5.92 Å². The smallest absolute Gasteiger partial charge is 0.274 e. The second-order valence-electron chi connectivity index (χ2n) is 6.63. The molecule has 0 saturated heterocycles. The number of sulfonamides is 1. The first-order valence-electron chi connectivity index (χ1n) is 8.20. The molecule has 3 heterocycles. The Kier molecular flexibility index (Phi) is 3.66. The zero-order chi connectivity index (χ0) is 18.9. The van der Waals surface area contributed by atoms with Crippen molar-refractivity contribution in [2.75, 3.05) is 4.31 Å². The monoisotopic (exact) mass is 427 g/mol. The fourth-order valence-corrected chi connectivity index (χ4v) is 6.87. The maximum atomic E-state index is 14.1. The number of aromatic nitrogens is 2. The third-order valence-corrected chi connectivity index (χ3v) is 8.41. The van der Waals surface area contributed by atoms with Crippen LogP contribution >= 0.6 is 22.9 Å². The zero-order valence-electron chi connectivity index (χ0n) is 13.6. The summed E-state index contributed by atoms with van der Waals surface area (Å²) in [4.78, 5) is 0. The van der Waals surface area contributed by atoms with E-state index in [1.54, 1.807) is 6.20 Å². The number of anilines is 1. The molecule has 1 N–H and O–H groups in total. The number of rotatable bonds is 3. The molecule has 5 nitrogen and oxygen atoms in total. The second kappa shape index (κ2) is 5.76. The Hall–Kier alpha value is -1.97. The summed E-state index contributed by atoms with van der Waals surface area (Å²) in [6.07, 6.45) is 3.27. The van der Waals surface area contributed by atoms with Gasteiger partial charge in [-0.3, -0.25) is 9.40 Å². The molecule has 0 amide bonds. The number of nitrogens with zero attached hydrogens (tertiary/aromatic N) is 2. The number of aromatic amines is 1. The lowest BCUT2D eigenvalue weighted by Crippen LogP contribution is -2.38. The number of fused-ring (bicyclic) bond motifs is 3. The van der Waals surface area contributed by atoms with Crippen LogP contribution in [0.3, 0.4) is 0 Å². The average molecular weight is 428 g/mol. The highest BCUT2D eigenvalue weighted by Gasteiger charge is 2.47. The first-order chi connectivity index (χ1) is 12.9. The Labute approximate surface area is 162 Å². The van der Waals surface area contributed by atoms with E-state index in [1.807, 2.05) is 0 Å². The molecule has 1 saturated carbocycles. The summed E-state index contributed by atoms with van der Waals surface area (Å²) in [5.41, 5.74) is 1.57. The molecule has 2 aliphatic rings. The number of benzene rings is 1. The molecule has 140 valence electrons. The highest BCUT2D eigenvalue weighted by molar-refractivity contribution is 7.94. The van der Waals surface area contributed by atoms with Crippen LogP contribution in [0.25, 0.3) is 11.3 Å². The molecule has 1 atom stereocenters. The summed E-state index contributed by atoms with van der Waals surface area (Å²) in [5.74, 6) is -2.06. The quantitative estimate of drug-likeness (QED) is 0.657. The van der Waals surface area contributed by atoms with E-state index in [9.17, 15) is 17.2 Å². The first kappa shape index (κ1) is 17.2. The van der Waals surface area contributed by atoms with Gasteiger partial charge in [-0.05, 0) is 37.0 Å². The van der Waals surface area contributed by atoms with Gasteiger partial charge in [0.05, 0.1) is 28.0 Å². The van der Waals surface area contributed by atoms with Gasteiger partial charge in [0.25, 0.3) is 10.0 Å². The van der Waals surface area contributed by atoms with Crippen LogP contribution in [-0.2, 0) is 10.0 Å². The average Bonchev–Trinajstić information content (AvgIpc) is 3.15. The van der Waals surface area contributed by atoms with Crippen LogP contribution in [0.15, 0.2) is 34.7 Å². The van der Waals surface area contributed by atoms with Crippen molar-refractivity contribution >= 4 is 38.6 Å². The van der Waals surface area contributed by atoms with Crippen molar-refractivity contribution in [3.05, 3.63) is 52.0 Å². The minimum Gasteiger partial charge on any atom is -0.277 e. The minimum absolute atomic E-state index is 0.0563. The maximum Gasteiger partial charge on any atom is 0.274 e. The summed E-state index contributed by atoms with van der Waals surface area (Å²) in [5, 5.41) is 6.84. The van der Waals surface area contributed by atoms with Gasteiger partial charge >= 0.3 is 0 Å². The van der Waals surface area contributed by atoms with Crippen molar-refractivity contribution in [3.63, 3.8) is 0 Å². The number of hydrogen-bond donors (Lipinski definition) is 1. The Morgan fingerprint density at radius 1 is 1.22 bits per heavy atom. The van der Waals surface area contributed by atoms with Gasteiger partial charge in [-0.15, -0.1) is 11.3 Å². The Morgan fingerprint density at radius 2 is 1.96 bits per heavy atom. The third kappa shape index (κ3) is 2.52. The van der Waals surface area contributed by atoms with E-state index in [4.69, 9.17) is 11.6 Å². The van der Waals surface area contributed by atoms with E-state index >= 15 is 0 Å². The molecule has 0 bridgehead atoms. The molecule has 1 fully saturated rings. The predicted molar refractivity (Wildman–Crippen MR) is 98.4 cm³/mol. The predicted octanol–water partition coefficient (Wildman–Crippen LogP) is 4.73. The van der Waals surface area contributed by atoms with Crippen LogP contribution in [0.5, 0.6) is 0 Å². The lowest BCUT2D eigenvalue weighted by atomic mass is 9.93. The van der Waals surface area contributed by atoms with E-state index < -0.39 is 27.7 Å². The lowest BCUT2D eigenvalue weighted by molar-refractivity contribution is 0.506. The van der Waals surface area contributed by atoms with Gasteiger partial charge in [0.2, 0.25) is 0 Å². The lowest BCUT2D eigenvalue weighted by Gasteiger charge is -2.37. The Balaban J connectivity index is 1.80. The third-order valence-electron chi connectivity index (χ3n) is 4.92. The van der Waals surface area contributed by atoms with E-state index in [2.05, 4.69) is 10.2 Å². The molecule has 2 aromatic heterocycles. The molecule has 0 spiro atoms. The normalized spacial score (nSPS) is 19.1. The van der Waals surface area contributed by atoms with Crippen LogP contribution in [0.4, 0.5) is 14.5 Å². The maximum absolute atomic E-state index is 14.1. The fourth-order valence-electron chi connectivity index (χ4n) is 3.60. The van der Waals surface area contributed by atoms with E-state index in [1.165, 1.54) is 16.4 Å². The van der Waals surface area contributed by atoms with Crippen LogP contribution in [0.1, 0.15) is 24.4 Å². The summed E-state index contributed by atoms with van der Waals surface area (Å²) in [6.45, 7) is 0. The summed E-state index contributed by atoms with van der Waals surface area (Å²) in [7, 11) is -4.02. The van der Waals surface area contributed by atoms with Gasteiger partial charge < -0.3 is 0 Å². The highest BCUT2D eigenvalue weighted by atomic mass is 35.5. The highest BCUT2D eigenvalue weighted by Crippen LogP contribution is 2.55. The van der Waals surface area contributed by atoms with Gasteiger partial charge in [-0.2, -0.15) is 5.10 Å². The molecular weight excluding hydrogens is 416 g/mol. The van der Waals surface area contributed by atoms with Crippen molar-refractivity contribution in [1.29, 1.82) is 0 Å². The molecule has 5 rings (SSSR count). The molecule has 10 heteroatoms. The van der Waals surface area contributed by atoms with Crippen molar-refractivity contribution in [3.8, 4) is 11.3 Å². The van der Waals surface area contributed by atoms with E-state index in [-0.39, 0.29) is 21.4 Å². The van der Waals surface area contributed by atoms with E-state index in [0.717, 1.165) is 36.3 Å². The molecule has 1 aliphatic carbocycles.